The van der Waals surface area contributed by atoms with Crippen molar-refractivity contribution in [2.75, 3.05) is 19.8 Å². The molecule has 2 aliphatic rings. The summed E-state index contributed by atoms with van der Waals surface area (Å²) in [6.45, 7) is 0.188. The molecule has 4 aromatic rings. The molecule has 15 heteroatoms. The van der Waals surface area contributed by atoms with Gasteiger partial charge in [-0.05, 0) is 24.3 Å². The topological polar surface area (TPSA) is 150 Å². The maximum absolute atomic E-state index is 13.8. The van der Waals surface area contributed by atoms with Gasteiger partial charge in [-0.2, -0.15) is 0 Å². The Hall–Kier alpha value is -4.05. The highest BCUT2D eigenvalue weighted by Gasteiger charge is 2.48. The molecule has 0 spiro atoms. The molecule has 39 heavy (non-hydrogen) atoms. The van der Waals surface area contributed by atoms with E-state index in [1.807, 2.05) is 0 Å². The number of hydrogen-bond donors (Lipinski definition) is 3. The fraction of sp³-hybridized carbons (Fsp3) is 0.333. The van der Waals surface area contributed by atoms with Gasteiger partial charge in [-0.1, -0.05) is 5.21 Å². The number of benzene rings is 2. The van der Waals surface area contributed by atoms with Crippen LogP contribution < -0.4 is 9.47 Å². The molecule has 0 radical (unpaired) electrons. The molecular weight excluding hydrogens is 525 g/mol. The Bertz CT molecular complexity index is 1490. The first-order valence-electron chi connectivity index (χ1n) is 11.8. The van der Waals surface area contributed by atoms with E-state index in [1.54, 1.807) is 22.8 Å². The Kier molecular flexibility index (Phi) is 6.42. The van der Waals surface area contributed by atoms with Crippen LogP contribution in [0.2, 0.25) is 0 Å². The van der Waals surface area contributed by atoms with E-state index < -0.39 is 54.5 Å². The predicted octanol–water partition coefficient (Wildman–Crippen LogP) is 1.11. The van der Waals surface area contributed by atoms with Gasteiger partial charge in [0.15, 0.2) is 34.8 Å². The van der Waals surface area contributed by atoms with E-state index >= 15 is 0 Å². The van der Waals surface area contributed by atoms with Crippen LogP contribution >= 0.6 is 0 Å². The largest absolute Gasteiger partial charge is 0.486 e. The van der Waals surface area contributed by atoms with Crippen LogP contribution in [0.5, 0.6) is 11.5 Å². The first-order valence-corrected chi connectivity index (χ1v) is 11.8. The monoisotopic (exact) mass is 546 g/mol. The number of rotatable bonds is 5. The Balaban J connectivity index is 1.35. The second kappa shape index (κ2) is 9.92. The van der Waals surface area contributed by atoms with Crippen molar-refractivity contribution < 1.29 is 42.7 Å². The summed E-state index contributed by atoms with van der Waals surface area (Å²) < 4.78 is 60.6. The third-order valence-corrected chi connectivity index (χ3v) is 6.62. The standard InChI is InChI=1S/C24H21F3N6O6/c25-13-5-11(6-14(26)19(13)27)15-8-33(31-29-15)20-21(35)18(9-34)39-23(22(20)36)24-30-28-10-32(24)12-1-2-16-17(7-12)38-4-3-37-16/h1-2,5-8,10,18,20-23,34-36H,3-4,9H2/t18-,20+,21+,22-,23-/m1/s1. The second-order valence-corrected chi connectivity index (χ2v) is 8.97. The number of ether oxygens (including phenoxy) is 3. The van der Waals surface area contributed by atoms with Crippen LogP contribution in [-0.4, -0.2) is 83.2 Å². The molecule has 1 fully saturated rings. The summed E-state index contributed by atoms with van der Waals surface area (Å²) in [7, 11) is 0. The molecule has 0 amide bonds. The minimum Gasteiger partial charge on any atom is -0.486 e. The quantitative estimate of drug-likeness (QED) is 0.311. The molecule has 6 rings (SSSR count). The molecule has 0 saturated carbocycles. The molecule has 12 nitrogen and oxygen atoms in total. The molecule has 0 unspecified atom stereocenters. The van der Waals surface area contributed by atoms with Gasteiger partial charge in [0.05, 0.1) is 18.5 Å². The van der Waals surface area contributed by atoms with Crippen molar-refractivity contribution in [3.63, 3.8) is 0 Å². The minimum atomic E-state index is -1.63. The summed E-state index contributed by atoms with van der Waals surface area (Å²) >= 11 is 0. The van der Waals surface area contributed by atoms with Gasteiger partial charge >= 0.3 is 0 Å². The number of aromatic nitrogens is 6. The van der Waals surface area contributed by atoms with E-state index in [1.165, 1.54) is 12.5 Å². The zero-order valence-corrected chi connectivity index (χ0v) is 19.9. The Morgan fingerprint density at radius 1 is 0.949 bits per heavy atom. The SMILES string of the molecule is OC[C@H]1O[C@@H](c2nncn2-c2ccc3c(c2)OCCO3)[C@H](O)[C@@H](n2cc(-c3cc(F)c(F)c(F)c3)nn2)[C@H]1O. The average molecular weight is 546 g/mol. The van der Waals surface area contributed by atoms with Gasteiger partial charge in [0.2, 0.25) is 0 Å². The number of nitrogens with zero attached hydrogens (tertiary/aromatic N) is 6. The third kappa shape index (κ3) is 4.38. The predicted molar refractivity (Wildman–Crippen MR) is 123 cm³/mol. The average Bonchev–Trinajstić information content (AvgIpc) is 3.62. The van der Waals surface area contributed by atoms with E-state index in [4.69, 9.17) is 14.2 Å². The van der Waals surface area contributed by atoms with Crippen molar-refractivity contribution in [1.82, 2.24) is 29.8 Å². The fourth-order valence-electron chi connectivity index (χ4n) is 4.70. The number of aliphatic hydroxyl groups is 3. The van der Waals surface area contributed by atoms with Crippen molar-refractivity contribution >= 4 is 0 Å². The van der Waals surface area contributed by atoms with Gasteiger partial charge in [0.1, 0.15) is 55.7 Å². The number of fused-ring (bicyclic) bond motifs is 1. The van der Waals surface area contributed by atoms with Crippen LogP contribution in [0.25, 0.3) is 16.9 Å². The van der Waals surface area contributed by atoms with Gasteiger partial charge in [-0.25, -0.2) is 17.9 Å². The lowest BCUT2D eigenvalue weighted by Crippen LogP contribution is -2.53. The third-order valence-electron chi connectivity index (χ3n) is 6.62. The molecule has 2 aromatic carbocycles. The maximum atomic E-state index is 13.8. The summed E-state index contributed by atoms with van der Waals surface area (Å²) in [4.78, 5) is 0. The van der Waals surface area contributed by atoms with Crippen LogP contribution in [0.3, 0.4) is 0 Å². The lowest BCUT2D eigenvalue weighted by molar-refractivity contribution is -0.210. The molecule has 2 aliphatic heterocycles. The first kappa shape index (κ1) is 25.2. The lowest BCUT2D eigenvalue weighted by atomic mass is 9.92. The van der Waals surface area contributed by atoms with Gasteiger partial charge in [-0.15, -0.1) is 15.3 Å². The van der Waals surface area contributed by atoms with Gasteiger partial charge in [-0.3, -0.25) is 4.57 Å². The van der Waals surface area contributed by atoms with E-state index in [0.717, 1.165) is 16.8 Å². The molecule has 4 heterocycles. The summed E-state index contributed by atoms with van der Waals surface area (Å²) in [5, 5.41) is 48.0. The molecule has 0 bridgehead atoms. The second-order valence-electron chi connectivity index (χ2n) is 8.97. The molecular formula is C24H21F3N6O6. The van der Waals surface area contributed by atoms with Crippen molar-refractivity contribution in [3.05, 3.63) is 66.1 Å². The minimum absolute atomic E-state index is 0.0461. The fourth-order valence-corrected chi connectivity index (χ4v) is 4.70. The summed E-state index contributed by atoms with van der Waals surface area (Å²) in [5.74, 6) is -3.22. The number of aliphatic hydroxyl groups excluding tert-OH is 3. The maximum Gasteiger partial charge on any atom is 0.194 e. The van der Waals surface area contributed by atoms with Gasteiger partial charge < -0.3 is 29.5 Å². The molecule has 204 valence electrons. The van der Waals surface area contributed by atoms with Crippen LogP contribution in [0, 0.1) is 17.5 Å². The zero-order valence-electron chi connectivity index (χ0n) is 19.9. The zero-order chi connectivity index (χ0) is 27.3. The van der Waals surface area contributed by atoms with Crippen LogP contribution in [0.4, 0.5) is 13.2 Å². The molecule has 3 N–H and O–H groups in total. The van der Waals surface area contributed by atoms with E-state index in [-0.39, 0.29) is 17.1 Å². The van der Waals surface area contributed by atoms with Crippen molar-refractivity contribution in [1.29, 1.82) is 0 Å². The molecule has 0 aliphatic carbocycles. The molecule has 1 saturated heterocycles. The summed E-state index contributed by atoms with van der Waals surface area (Å²) in [6, 6.07) is 5.42. The van der Waals surface area contributed by atoms with Crippen molar-refractivity contribution in [3.8, 4) is 28.4 Å². The van der Waals surface area contributed by atoms with Crippen LogP contribution in [0.15, 0.2) is 42.9 Å². The molecule has 5 atom stereocenters. The highest BCUT2D eigenvalue weighted by molar-refractivity contribution is 5.58. The van der Waals surface area contributed by atoms with Crippen molar-refractivity contribution in [2.45, 2.75) is 30.5 Å². The summed E-state index contributed by atoms with van der Waals surface area (Å²) in [6.07, 6.45) is -2.73. The summed E-state index contributed by atoms with van der Waals surface area (Å²) in [5.41, 5.74) is 0.416. The van der Waals surface area contributed by atoms with E-state index in [0.29, 0.717) is 30.4 Å². The number of hydrogen-bond acceptors (Lipinski definition) is 10. The Morgan fingerprint density at radius 2 is 1.69 bits per heavy atom. The highest BCUT2D eigenvalue weighted by atomic mass is 19.2. The molecule has 2 aromatic heterocycles. The first-order chi connectivity index (χ1) is 18.9. The Labute approximate surface area is 217 Å². The van der Waals surface area contributed by atoms with E-state index in [9.17, 15) is 28.5 Å². The van der Waals surface area contributed by atoms with Crippen molar-refractivity contribution in [2.24, 2.45) is 0 Å². The normalized spacial score (nSPS) is 24.6. The lowest BCUT2D eigenvalue weighted by Gasteiger charge is -2.41. The van der Waals surface area contributed by atoms with Gasteiger partial charge in [0, 0.05) is 11.6 Å². The Morgan fingerprint density at radius 3 is 2.44 bits per heavy atom. The van der Waals surface area contributed by atoms with Crippen LogP contribution in [0.1, 0.15) is 18.0 Å². The number of halogens is 3. The van der Waals surface area contributed by atoms with Crippen LogP contribution in [-0.2, 0) is 4.74 Å². The smallest absolute Gasteiger partial charge is 0.194 e. The van der Waals surface area contributed by atoms with E-state index in [2.05, 4.69) is 20.5 Å². The highest BCUT2D eigenvalue weighted by Crippen LogP contribution is 2.39. The van der Waals surface area contributed by atoms with Gasteiger partial charge in [0.25, 0.3) is 0 Å².